The third kappa shape index (κ3) is 4.75. The Morgan fingerprint density at radius 1 is 1.17 bits per heavy atom. The summed E-state index contributed by atoms with van der Waals surface area (Å²) in [5, 5.41) is 20.6. The number of oxime groups is 1. The molecule has 0 amide bonds. The third-order valence-electron chi connectivity index (χ3n) is 2.72. The predicted octanol–water partition coefficient (Wildman–Crippen LogP) is 2.82. The summed E-state index contributed by atoms with van der Waals surface area (Å²) < 4.78 is 5.59. The van der Waals surface area contributed by atoms with Crippen LogP contribution < -0.4 is 4.74 Å². The molecule has 0 spiro atoms. The highest BCUT2D eigenvalue weighted by atomic mass is 16.5. The molecule has 1 rings (SSSR count). The second-order valence-corrected chi connectivity index (χ2v) is 4.14. The van der Waals surface area contributed by atoms with Gasteiger partial charge in [0.05, 0.1) is 13.2 Å². The highest BCUT2D eigenvalue weighted by Crippen LogP contribution is 2.13. The molecule has 0 saturated carbocycles. The van der Waals surface area contributed by atoms with E-state index in [0.29, 0.717) is 5.56 Å². The van der Waals surface area contributed by atoms with E-state index < -0.39 is 0 Å². The van der Waals surface area contributed by atoms with Gasteiger partial charge in [0, 0.05) is 5.56 Å². The molecule has 18 heavy (non-hydrogen) atoms. The standard InChI is InChI=1S/C14H21NO3/c1-2-3-4-5-10-18-13-8-6-12(7-9-13)14(11-16)15-17/h6-9,16-17H,2-5,10-11H2,1H3. The molecular formula is C14H21NO3. The van der Waals surface area contributed by atoms with Gasteiger partial charge in [-0.15, -0.1) is 0 Å². The average Bonchev–Trinajstić information content (AvgIpc) is 2.41. The van der Waals surface area contributed by atoms with Crippen LogP contribution in [0.3, 0.4) is 0 Å². The molecule has 0 fully saturated rings. The molecule has 0 saturated heterocycles. The zero-order chi connectivity index (χ0) is 13.2. The van der Waals surface area contributed by atoms with Gasteiger partial charge in [0.15, 0.2) is 0 Å². The number of benzene rings is 1. The van der Waals surface area contributed by atoms with Crippen molar-refractivity contribution in [1.82, 2.24) is 0 Å². The molecule has 4 nitrogen and oxygen atoms in total. The van der Waals surface area contributed by atoms with Gasteiger partial charge >= 0.3 is 0 Å². The van der Waals surface area contributed by atoms with Crippen LogP contribution in [-0.4, -0.2) is 29.2 Å². The number of ether oxygens (including phenoxy) is 1. The van der Waals surface area contributed by atoms with E-state index in [0.717, 1.165) is 18.8 Å². The van der Waals surface area contributed by atoms with Crippen molar-refractivity contribution in [1.29, 1.82) is 0 Å². The molecule has 1 aromatic rings. The van der Waals surface area contributed by atoms with Gasteiger partial charge in [0.1, 0.15) is 11.5 Å². The second-order valence-electron chi connectivity index (χ2n) is 4.14. The molecule has 4 heteroatoms. The smallest absolute Gasteiger partial charge is 0.119 e. The van der Waals surface area contributed by atoms with E-state index in [1.165, 1.54) is 19.3 Å². The number of rotatable bonds is 8. The van der Waals surface area contributed by atoms with Crippen molar-refractivity contribution in [3.63, 3.8) is 0 Å². The predicted molar refractivity (Wildman–Crippen MR) is 71.5 cm³/mol. The normalized spacial score (nSPS) is 11.6. The highest BCUT2D eigenvalue weighted by molar-refractivity contribution is 6.01. The van der Waals surface area contributed by atoms with E-state index in [9.17, 15) is 0 Å². The lowest BCUT2D eigenvalue weighted by molar-refractivity contribution is 0.302. The topological polar surface area (TPSA) is 62.0 Å². The summed E-state index contributed by atoms with van der Waals surface area (Å²) >= 11 is 0. The summed E-state index contributed by atoms with van der Waals surface area (Å²) in [6.07, 6.45) is 4.73. The highest BCUT2D eigenvalue weighted by Gasteiger charge is 2.02. The van der Waals surface area contributed by atoms with Crippen molar-refractivity contribution in [2.75, 3.05) is 13.2 Å². The quantitative estimate of drug-likeness (QED) is 0.323. The molecular weight excluding hydrogens is 230 g/mol. The van der Waals surface area contributed by atoms with Crippen LogP contribution in [0.25, 0.3) is 0 Å². The van der Waals surface area contributed by atoms with E-state index >= 15 is 0 Å². The van der Waals surface area contributed by atoms with Crippen molar-refractivity contribution < 1.29 is 15.1 Å². The first-order valence-corrected chi connectivity index (χ1v) is 6.36. The third-order valence-corrected chi connectivity index (χ3v) is 2.72. The minimum absolute atomic E-state index is 0.254. The molecule has 100 valence electrons. The van der Waals surface area contributed by atoms with Crippen LogP contribution in [0, 0.1) is 0 Å². The Labute approximate surface area is 108 Å². The van der Waals surface area contributed by atoms with Crippen LogP contribution in [0.2, 0.25) is 0 Å². The molecule has 0 heterocycles. The van der Waals surface area contributed by atoms with E-state index in [1.54, 1.807) is 12.1 Å². The summed E-state index contributed by atoms with van der Waals surface area (Å²) in [5.41, 5.74) is 0.947. The first kappa shape index (κ1) is 14.5. The zero-order valence-electron chi connectivity index (χ0n) is 10.8. The molecule has 0 aliphatic carbocycles. The van der Waals surface area contributed by atoms with Crippen LogP contribution in [0.5, 0.6) is 5.75 Å². The SMILES string of the molecule is CCCCCCOc1ccc(C(CO)=NO)cc1. The molecule has 0 unspecified atom stereocenters. The van der Waals surface area contributed by atoms with Gasteiger partial charge in [-0.1, -0.05) is 31.3 Å². The Morgan fingerprint density at radius 3 is 2.44 bits per heavy atom. The Bertz CT molecular complexity index is 360. The molecule has 0 aliphatic rings. The van der Waals surface area contributed by atoms with E-state index in [2.05, 4.69) is 12.1 Å². The molecule has 0 aliphatic heterocycles. The van der Waals surface area contributed by atoms with Crippen LogP contribution in [0.15, 0.2) is 29.4 Å². The van der Waals surface area contributed by atoms with Gasteiger partial charge in [-0.05, 0) is 30.7 Å². The van der Waals surface area contributed by atoms with Gasteiger partial charge in [0.2, 0.25) is 0 Å². The van der Waals surface area contributed by atoms with Crippen molar-refractivity contribution in [2.45, 2.75) is 32.6 Å². The van der Waals surface area contributed by atoms with Crippen LogP contribution in [0.4, 0.5) is 0 Å². The maximum Gasteiger partial charge on any atom is 0.119 e. The zero-order valence-corrected chi connectivity index (χ0v) is 10.8. The van der Waals surface area contributed by atoms with Crippen LogP contribution in [-0.2, 0) is 0 Å². The van der Waals surface area contributed by atoms with Gasteiger partial charge in [-0.3, -0.25) is 0 Å². The van der Waals surface area contributed by atoms with Crippen molar-refractivity contribution in [3.8, 4) is 5.75 Å². The minimum atomic E-state index is -0.284. The number of hydrogen-bond donors (Lipinski definition) is 2. The van der Waals surface area contributed by atoms with Gasteiger partial charge in [-0.25, -0.2) is 0 Å². The Balaban J connectivity index is 2.41. The van der Waals surface area contributed by atoms with Gasteiger partial charge in [0.25, 0.3) is 0 Å². The number of aliphatic hydroxyl groups excluding tert-OH is 1. The fraction of sp³-hybridized carbons (Fsp3) is 0.500. The van der Waals surface area contributed by atoms with Crippen LogP contribution >= 0.6 is 0 Å². The first-order chi connectivity index (χ1) is 8.81. The molecule has 0 radical (unpaired) electrons. The maximum atomic E-state index is 8.95. The van der Waals surface area contributed by atoms with Gasteiger partial charge < -0.3 is 15.1 Å². The fourth-order valence-electron chi connectivity index (χ4n) is 1.64. The van der Waals surface area contributed by atoms with E-state index in [1.807, 2.05) is 12.1 Å². The lowest BCUT2D eigenvalue weighted by Gasteiger charge is -2.07. The number of aliphatic hydroxyl groups is 1. The summed E-state index contributed by atoms with van der Waals surface area (Å²) in [5.74, 6) is 0.797. The number of unbranched alkanes of at least 4 members (excludes halogenated alkanes) is 3. The Hall–Kier alpha value is -1.55. The molecule has 1 aromatic carbocycles. The Morgan fingerprint density at radius 2 is 1.89 bits per heavy atom. The van der Waals surface area contributed by atoms with Gasteiger partial charge in [-0.2, -0.15) is 0 Å². The summed E-state index contributed by atoms with van der Waals surface area (Å²) in [4.78, 5) is 0. The summed E-state index contributed by atoms with van der Waals surface area (Å²) in [7, 11) is 0. The molecule has 2 N–H and O–H groups in total. The second kappa shape index (κ2) is 8.53. The first-order valence-electron chi connectivity index (χ1n) is 6.36. The van der Waals surface area contributed by atoms with Crippen molar-refractivity contribution >= 4 is 5.71 Å². The lowest BCUT2D eigenvalue weighted by atomic mass is 10.1. The maximum absolute atomic E-state index is 8.95. The van der Waals surface area contributed by atoms with Crippen molar-refractivity contribution in [3.05, 3.63) is 29.8 Å². The lowest BCUT2D eigenvalue weighted by Crippen LogP contribution is -2.06. The molecule has 0 atom stereocenters. The van der Waals surface area contributed by atoms with E-state index in [4.69, 9.17) is 15.1 Å². The van der Waals surface area contributed by atoms with Crippen molar-refractivity contribution in [2.24, 2.45) is 5.16 Å². The average molecular weight is 251 g/mol. The number of hydrogen-bond acceptors (Lipinski definition) is 4. The number of nitrogens with zero attached hydrogens (tertiary/aromatic N) is 1. The largest absolute Gasteiger partial charge is 0.494 e. The van der Waals surface area contributed by atoms with E-state index in [-0.39, 0.29) is 12.3 Å². The minimum Gasteiger partial charge on any atom is -0.494 e. The molecule has 0 bridgehead atoms. The Kier molecular flexibility index (Phi) is 6.87. The van der Waals surface area contributed by atoms with Crippen LogP contribution in [0.1, 0.15) is 38.2 Å². The summed E-state index contributed by atoms with van der Waals surface area (Å²) in [6, 6.07) is 7.17. The fourth-order valence-corrected chi connectivity index (χ4v) is 1.64. The summed E-state index contributed by atoms with van der Waals surface area (Å²) in [6.45, 7) is 2.62. The molecule has 0 aromatic heterocycles. The monoisotopic (exact) mass is 251 g/mol.